The normalized spacial score (nSPS) is 13.0. The molecule has 1 aromatic heterocycles. The monoisotopic (exact) mass is 395 g/mol. The molecule has 0 aliphatic rings. The summed E-state index contributed by atoms with van der Waals surface area (Å²) in [7, 11) is -3.67. The van der Waals surface area contributed by atoms with Gasteiger partial charge < -0.3 is 4.98 Å². The number of para-hydroxylation sites is 1. The molecule has 0 aliphatic carbocycles. The lowest BCUT2D eigenvalue weighted by Gasteiger charge is -2.19. The van der Waals surface area contributed by atoms with Crippen molar-refractivity contribution >= 4 is 32.3 Å². The zero-order valence-electron chi connectivity index (χ0n) is 14.7. The second kappa shape index (κ2) is 6.87. The highest BCUT2D eigenvalue weighted by atomic mass is 35.5. The molecule has 3 nitrogen and oxygen atoms in total. The fourth-order valence-corrected chi connectivity index (χ4v) is 5.59. The molecule has 0 fully saturated rings. The summed E-state index contributed by atoms with van der Waals surface area (Å²) in [5.41, 5.74) is 3.23. The van der Waals surface area contributed by atoms with Crippen LogP contribution in [0.3, 0.4) is 0 Å². The number of halogens is 1. The molecule has 0 spiro atoms. The van der Waals surface area contributed by atoms with Gasteiger partial charge in [0, 0.05) is 27.2 Å². The van der Waals surface area contributed by atoms with Crippen LogP contribution in [-0.2, 0) is 9.84 Å². The molecule has 1 heterocycles. The standard InChI is InChI=1S/C22H18ClNO2S/c1-15-21(19-9-5-6-10-20(19)24-15)22(16-11-13-17(23)14-12-16)27(25,26)18-7-3-2-4-8-18/h2-14,22,24H,1H3. The first-order chi connectivity index (χ1) is 13.0. The van der Waals surface area contributed by atoms with E-state index in [9.17, 15) is 8.42 Å². The number of aryl methyl sites for hydroxylation is 1. The molecule has 1 atom stereocenters. The quantitative estimate of drug-likeness (QED) is 0.482. The molecular formula is C22H18ClNO2S. The molecular weight excluding hydrogens is 378 g/mol. The van der Waals surface area contributed by atoms with Crippen molar-refractivity contribution in [1.29, 1.82) is 0 Å². The lowest BCUT2D eigenvalue weighted by Crippen LogP contribution is -2.16. The first-order valence-corrected chi connectivity index (χ1v) is 10.5. The Morgan fingerprint density at radius 1 is 0.852 bits per heavy atom. The molecule has 27 heavy (non-hydrogen) atoms. The Morgan fingerprint density at radius 2 is 1.48 bits per heavy atom. The van der Waals surface area contributed by atoms with Gasteiger partial charge in [0.2, 0.25) is 0 Å². The van der Waals surface area contributed by atoms with E-state index in [1.165, 1.54) is 0 Å². The third-order valence-corrected chi connectivity index (χ3v) is 7.07. The van der Waals surface area contributed by atoms with Crippen LogP contribution in [0.1, 0.15) is 22.1 Å². The third kappa shape index (κ3) is 3.15. The minimum atomic E-state index is -3.67. The number of fused-ring (bicyclic) bond motifs is 1. The van der Waals surface area contributed by atoms with Crippen LogP contribution >= 0.6 is 11.6 Å². The van der Waals surface area contributed by atoms with Gasteiger partial charge in [0.1, 0.15) is 5.25 Å². The average molecular weight is 396 g/mol. The Kier molecular flexibility index (Phi) is 4.54. The van der Waals surface area contributed by atoms with Crippen LogP contribution in [0.4, 0.5) is 0 Å². The Morgan fingerprint density at radius 3 is 2.19 bits per heavy atom. The molecule has 3 aromatic carbocycles. The van der Waals surface area contributed by atoms with Crippen molar-refractivity contribution in [3.05, 3.63) is 101 Å². The second-order valence-electron chi connectivity index (χ2n) is 6.50. The number of aromatic nitrogens is 1. The number of rotatable bonds is 4. The number of hydrogen-bond donors (Lipinski definition) is 1. The van der Waals surface area contributed by atoms with E-state index in [4.69, 9.17) is 11.6 Å². The van der Waals surface area contributed by atoms with Crippen LogP contribution in [-0.4, -0.2) is 13.4 Å². The van der Waals surface area contributed by atoms with Crippen molar-refractivity contribution in [3.8, 4) is 0 Å². The Bertz CT molecular complexity index is 1200. The second-order valence-corrected chi connectivity index (χ2v) is 8.97. The fraction of sp³-hybridized carbons (Fsp3) is 0.0909. The minimum Gasteiger partial charge on any atom is -0.358 e. The van der Waals surface area contributed by atoms with Crippen LogP contribution in [0.2, 0.25) is 5.02 Å². The summed E-state index contributed by atoms with van der Waals surface area (Å²) in [6, 6.07) is 23.4. The molecule has 1 N–H and O–H groups in total. The number of nitrogens with one attached hydrogen (secondary N) is 1. The van der Waals surface area contributed by atoms with E-state index < -0.39 is 15.1 Å². The number of sulfone groups is 1. The maximum Gasteiger partial charge on any atom is 0.189 e. The predicted octanol–water partition coefficient (Wildman–Crippen LogP) is 5.69. The summed E-state index contributed by atoms with van der Waals surface area (Å²) in [4.78, 5) is 3.62. The minimum absolute atomic E-state index is 0.301. The van der Waals surface area contributed by atoms with Crippen molar-refractivity contribution in [1.82, 2.24) is 4.98 Å². The summed E-state index contributed by atoms with van der Waals surface area (Å²) in [6.45, 7) is 1.92. The summed E-state index contributed by atoms with van der Waals surface area (Å²) in [5.74, 6) is 0. The molecule has 4 rings (SSSR count). The number of H-pyrrole nitrogens is 1. The van der Waals surface area contributed by atoms with E-state index in [1.807, 2.05) is 37.3 Å². The van der Waals surface area contributed by atoms with Crippen molar-refractivity contribution in [2.24, 2.45) is 0 Å². The van der Waals surface area contributed by atoms with Gasteiger partial charge in [0.15, 0.2) is 9.84 Å². The average Bonchev–Trinajstić information content (AvgIpc) is 3.00. The van der Waals surface area contributed by atoms with E-state index in [0.717, 1.165) is 22.2 Å². The molecule has 0 saturated heterocycles. The molecule has 0 bridgehead atoms. The van der Waals surface area contributed by atoms with Gasteiger partial charge in [0.05, 0.1) is 4.90 Å². The number of hydrogen-bond acceptors (Lipinski definition) is 2. The third-order valence-electron chi connectivity index (χ3n) is 4.76. The highest BCUT2D eigenvalue weighted by molar-refractivity contribution is 7.92. The van der Waals surface area contributed by atoms with E-state index in [0.29, 0.717) is 15.5 Å². The van der Waals surface area contributed by atoms with E-state index >= 15 is 0 Å². The van der Waals surface area contributed by atoms with E-state index in [1.54, 1.807) is 48.5 Å². The summed E-state index contributed by atoms with van der Waals surface area (Å²) in [6.07, 6.45) is 0. The molecule has 1 unspecified atom stereocenters. The smallest absolute Gasteiger partial charge is 0.189 e. The highest BCUT2D eigenvalue weighted by Crippen LogP contribution is 2.40. The predicted molar refractivity (Wildman–Crippen MR) is 110 cm³/mol. The number of aromatic amines is 1. The molecule has 5 heteroatoms. The van der Waals surface area contributed by atoms with Gasteiger partial charge in [-0.3, -0.25) is 0 Å². The molecule has 0 saturated carbocycles. The molecule has 0 amide bonds. The maximum absolute atomic E-state index is 13.7. The molecule has 4 aromatic rings. The zero-order chi connectivity index (χ0) is 19.0. The summed E-state index contributed by atoms with van der Waals surface area (Å²) >= 11 is 6.04. The van der Waals surface area contributed by atoms with Crippen LogP contribution < -0.4 is 0 Å². The first kappa shape index (κ1) is 17.8. The largest absolute Gasteiger partial charge is 0.358 e. The van der Waals surface area contributed by atoms with Gasteiger partial charge in [-0.2, -0.15) is 0 Å². The lowest BCUT2D eigenvalue weighted by molar-refractivity contribution is 0.589. The van der Waals surface area contributed by atoms with E-state index in [2.05, 4.69) is 4.98 Å². The number of benzene rings is 3. The fourth-order valence-electron chi connectivity index (χ4n) is 3.52. The van der Waals surface area contributed by atoms with Gasteiger partial charge in [0.25, 0.3) is 0 Å². The van der Waals surface area contributed by atoms with Gasteiger partial charge in [-0.1, -0.05) is 60.1 Å². The van der Waals surface area contributed by atoms with Crippen molar-refractivity contribution in [2.75, 3.05) is 0 Å². The molecule has 136 valence electrons. The van der Waals surface area contributed by atoms with Crippen molar-refractivity contribution in [3.63, 3.8) is 0 Å². The van der Waals surface area contributed by atoms with E-state index in [-0.39, 0.29) is 0 Å². The van der Waals surface area contributed by atoms with Gasteiger partial charge >= 0.3 is 0 Å². The van der Waals surface area contributed by atoms with Crippen molar-refractivity contribution in [2.45, 2.75) is 17.1 Å². The Hall–Kier alpha value is -2.56. The zero-order valence-corrected chi connectivity index (χ0v) is 16.3. The van der Waals surface area contributed by atoms with Crippen LogP contribution in [0.25, 0.3) is 10.9 Å². The van der Waals surface area contributed by atoms with Gasteiger partial charge in [-0.05, 0) is 42.8 Å². The van der Waals surface area contributed by atoms with Crippen molar-refractivity contribution < 1.29 is 8.42 Å². The molecule has 0 radical (unpaired) electrons. The van der Waals surface area contributed by atoms with Crippen LogP contribution in [0, 0.1) is 6.92 Å². The Balaban J connectivity index is 2.02. The maximum atomic E-state index is 13.7. The summed E-state index contributed by atoms with van der Waals surface area (Å²) < 4.78 is 27.3. The lowest BCUT2D eigenvalue weighted by atomic mass is 10.0. The highest BCUT2D eigenvalue weighted by Gasteiger charge is 2.34. The van der Waals surface area contributed by atoms with Crippen LogP contribution in [0.15, 0.2) is 83.8 Å². The molecule has 0 aliphatic heterocycles. The van der Waals surface area contributed by atoms with Gasteiger partial charge in [-0.15, -0.1) is 0 Å². The van der Waals surface area contributed by atoms with Gasteiger partial charge in [-0.25, -0.2) is 8.42 Å². The summed E-state index contributed by atoms with van der Waals surface area (Å²) in [5, 5.41) is 0.660. The topological polar surface area (TPSA) is 49.9 Å². The first-order valence-electron chi connectivity index (χ1n) is 8.60. The Labute approximate surface area is 163 Å². The van der Waals surface area contributed by atoms with Crippen LogP contribution in [0.5, 0.6) is 0 Å². The SMILES string of the molecule is Cc1[nH]c2ccccc2c1C(c1ccc(Cl)cc1)S(=O)(=O)c1ccccc1.